The molecule has 0 aliphatic carbocycles. The van der Waals surface area contributed by atoms with E-state index in [1.54, 1.807) is 6.07 Å². The van der Waals surface area contributed by atoms with Gasteiger partial charge in [0, 0.05) is 6.54 Å². The molecule has 0 fully saturated rings. The molecule has 0 saturated heterocycles. The van der Waals surface area contributed by atoms with Crippen molar-refractivity contribution in [3.63, 3.8) is 0 Å². The summed E-state index contributed by atoms with van der Waals surface area (Å²) < 4.78 is 26.6. The van der Waals surface area contributed by atoms with E-state index in [0.717, 1.165) is 6.07 Å². The third-order valence-corrected chi connectivity index (χ3v) is 2.92. The number of carbonyl (C=O) groups excluding carboxylic acids is 1. The van der Waals surface area contributed by atoms with Crippen molar-refractivity contribution in [3.05, 3.63) is 52.7 Å². The van der Waals surface area contributed by atoms with Crippen LogP contribution < -0.4 is 10.6 Å². The van der Waals surface area contributed by atoms with Gasteiger partial charge in [0.2, 0.25) is 0 Å². The van der Waals surface area contributed by atoms with Gasteiger partial charge in [0.25, 0.3) is 5.91 Å². The molecule has 110 valence electrons. The van der Waals surface area contributed by atoms with Crippen LogP contribution in [0.15, 0.2) is 30.3 Å². The van der Waals surface area contributed by atoms with Crippen molar-refractivity contribution in [2.75, 3.05) is 17.2 Å². The van der Waals surface area contributed by atoms with Crippen LogP contribution in [-0.2, 0) is 0 Å². The lowest BCUT2D eigenvalue weighted by Gasteiger charge is -2.09. The van der Waals surface area contributed by atoms with Crippen LogP contribution in [0, 0.1) is 11.6 Å². The maximum Gasteiger partial charge on any atom is 0.275 e. The number of hydrogen-bond donors (Lipinski definition) is 2. The summed E-state index contributed by atoms with van der Waals surface area (Å²) in [7, 11) is 0. The van der Waals surface area contributed by atoms with Crippen LogP contribution in [0.3, 0.4) is 0 Å². The fourth-order valence-electron chi connectivity index (χ4n) is 1.66. The Hall–Kier alpha value is -2.21. The molecule has 0 aliphatic heterocycles. The van der Waals surface area contributed by atoms with E-state index < -0.39 is 17.5 Å². The molecule has 1 amide bonds. The average molecular weight is 312 g/mol. The van der Waals surface area contributed by atoms with Gasteiger partial charge in [0.1, 0.15) is 11.5 Å². The first kappa shape index (κ1) is 15.2. The number of anilines is 2. The largest absolute Gasteiger partial charge is 0.370 e. The summed E-state index contributed by atoms with van der Waals surface area (Å²) in [5.74, 6) is -2.44. The summed E-state index contributed by atoms with van der Waals surface area (Å²) in [5.41, 5.74) is -0.342. The maximum absolute atomic E-state index is 13.5. The molecule has 0 radical (unpaired) electrons. The van der Waals surface area contributed by atoms with E-state index >= 15 is 0 Å². The van der Waals surface area contributed by atoms with Crippen molar-refractivity contribution in [2.24, 2.45) is 0 Å². The van der Waals surface area contributed by atoms with Crippen LogP contribution in [0.1, 0.15) is 17.4 Å². The van der Waals surface area contributed by atoms with Crippen molar-refractivity contribution >= 4 is 29.0 Å². The molecule has 0 spiro atoms. The van der Waals surface area contributed by atoms with Gasteiger partial charge in [-0.05, 0) is 31.2 Å². The first-order valence-corrected chi connectivity index (χ1v) is 6.56. The molecule has 0 bridgehead atoms. The lowest BCUT2D eigenvalue weighted by Crippen LogP contribution is -2.16. The summed E-state index contributed by atoms with van der Waals surface area (Å²) in [6, 6.07) is 6.62. The minimum absolute atomic E-state index is 0.0706. The summed E-state index contributed by atoms with van der Waals surface area (Å²) >= 11 is 5.91. The van der Waals surface area contributed by atoms with E-state index in [4.69, 9.17) is 11.6 Å². The second-order valence-electron chi connectivity index (χ2n) is 4.11. The zero-order valence-corrected chi connectivity index (χ0v) is 11.8. The molecular weight excluding hydrogens is 300 g/mol. The zero-order chi connectivity index (χ0) is 15.4. The number of aromatic nitrogens is 1. The maximum atomic E-state index is 13.5. The highest BCUT2D eigenvalue weighted by atomic mass is 35.5. The molecule has 1 aromatic heterocycles. The van der Waals surface area contributed by atoms with E-state index in [1.807, 2.05) is 6.92 Å². The Morgan fingerprint density at radius 1 is 1.29 bits per heavy atom. The predicted octanol–water partition coefficient (Wildman–Crippen LogP) is 3.70. The molecular formula is C14H12ClF2N3O. The lowest BCUT2D eigenvalue weighted by atomic mass is 10.2. The van der Waals surface area contributed by atoms with Gasteiger partial charge in [-0.2, -0.15) is 0 Å². The molecule has 4 nitrogen and oxygen atoms in total. The minimum atomic E-state index is -1.13. The Bertz CT molecular complexity index is 679. The van der Waals surface area contributed by atoms with E-state index in [0.29, 0.717) is 12.4 Å². The highest BCUT2D eigenvalue weighted by Gasteiger charge is 2.16. The number of carbonyl (C=O) groups is 1. The van der Waals surface area contributed by atoms with E-state index in [2.05, 4.69) is 15.6 Å². The molecule has 0 unspecified atom stereocenters. The van der Waals surface area contributed by atoms with Gasteiger partial charge >= 0.3 is 0 Å². The topological polar surface area (TPSA) is 54.0 Å². The van der Waals surface area contributed by atoms with E-state index in [9.17, 15) is 13.6 Å². The van der Waals surface area contributed by atoms with Crippen molar-refractivity contribution in [1.29, 1.82) is 0 Å². The third kappa shape index (κ3) is 3.46. The van der Waals surface area contributed by atoms with Gasteiger partial charge in [-0.1, -0.05) is 17.7 Å². The van der Waals surface area contributed by atoms with Crippen LogP contribution in [0.2, 0.25) is 5.02 Å². The normalized spacial score (nSPS) is 10.3. The molecule has 1 aromatic carbocycles. The summed E-state index contributed by atoms with van der Waals surface area (Å²) in [4.78, 5) is 16.1. The number of hydrogen-bond acceptors (Lipinski definition) is 3. The fraction of sp³-hybridized carbons (Fsp3) is 0.143. The number of amides is 1. The highest BCUT2D eigenvalue weighted by Crippen LogP contribution is 2.21. The lowest BCUT2D eigenvalue weighted by molar-refractivity contribution is 0.102. The predicted molar refractivity (Wildman–Crippen MR) is 77.7 cm³/mol. The Kier molecular flexibility index (Phi) is 4.70. The smallest absolute Gasteiger partial charge is 0.275 e. The van der Waals surface area contributed by atoms with Gasteiger partial charge in [-0.15, -0.1) is 0 Å². The van der Waals surface area contributed by atoms with Crippen molar-refractivity contribution < 1.29 is 13.6 Å². The summed E-state index contributed by atoms with van der Waals surface area (Å²) in [6.45, 7) is 2.49. The quantitative estimate of drug-likeness (QED) is 0.905. The average Bonchev–Trinajstić information content (AvgIpc) is 2.46. The van der Waals surface area contributed by atoms with Crippen LogP contribution in [0.5, 0.6) is 0 Å². The van der Waals surface area contributed by atoms with Crippen LogP contribution in [0.4, 0.5) is 20.3 Å². The zero-order valence-electron chi connectivity index (χ0n) is 11.1. The van der Waals surface area contributed by atoms with Gasteiger partial charge in [-0.25, -0.2) is 13.8 Å². The van der Waals surface area contributed by atoms with Gasteiger partial charge in [-0.3, -0.25) is 4.79 Å². The number of nitrogens with one attached hydrogen (secondary N) is 2. The monoisotopic (exact) mass is 311 g/mol. The standard InChI is InChI=1S/C14H12ClF2N3O/c1-2-18-11-7-6-8(15)13(20-11)14(21)19-10-5-3-4-9(16)12(10)17/h3-7H,2H2,1H3,(H,18,20)(H,19,21). The Balaban J connectivity index is 2.28. The van der Waals surface area contributed by atoms with Crippen molar-refractivity contribution in [1.82, 2.24) is 4.98 Å². The summed E-state index contributed by atoms with van der Waals surface area (Å²) in [5, 5.41) is 5.30. The van der Waals surface area contributed by atoms with Crippen molar-refractivity contribution in [3.8, 4) is 0 Å². The molecule has 2 aromatic rings. The first-order chi connectivity index (χ1) is 10.0. The first-order valence-electron chi connectivity index (χ1n) is 6.18. The van der Waals surface area contributed by atoms with Crippen LogP contribution >= 0.6 is 11.6 Å². The SMILES string of the molecule is CCNc1ccc(Cl)c(C(=O)Nc2cccc(F)c2F)n1. The number of nitrogens with zero attached hydrogens (tertiary/aromatic N) is 1. The van der Waals surface area contributed by atoms with Gasteiger partial charge in [0.05, 0.1) is 10.7 Å². The molecule has 0 saturated carbocycles. The number of pyridine rings is 1. The second-order valence-corrected chi connectivity index (χ2v) is 4.52. The fourth-order valence-corrected chi connectivity index (χ4v) is 1.85. The second kappa shape index (κ2) is 6.49. The van der Waals surface area contributed by atoms with Crippen LogP contribution in [-0.4, -0.2) is 17.4 Å². The minimum Gasteiger partial charge on any atom is -0.370 e. The molecule has 7 heteroatoms. The Labute approximate surface area is 125 Å². The van der Waals surface area contributed by atoms with Crippen LogP contribution in [0.25, 0.3) is 0 Å². The molecule has 21 heavy (non-hydrogen) atoms. The third-order valence-electron chi connectivity index (χ3n) is 2.62. The highest BCUT2D eigenvalue weighted by molar-refractivity contribution is 6.34. The number of benzene rings is 1. The molecule has 0 aliphatic rings. The number of rotatable bonds is 4. The number of halogens is 3. The Morgan fingerprint density at radius 2 is 2.05 bits per heavy atom. The molecule has 1 heterocycles. The van der Waals surface area contributed by atoms with Gasteiger partial charge in [0.15, 0.2) is 11.6 Å². The summed E-state index contributed by atoms with van der Waals surface area (Å²) in [6.07, 6.45) is 0. The molecule has 2 N–H and O–H groups in total. The molecule has 2 rings (SSSR count). The Morgan fingerprint density at radius 3 is 2.76 bits per heavy atom. The molecule has 0 atom stereocenters. The van der Waals surface area contributed by atoms with E-state index in [1.165, 1.54) is 18.2 Å². The van der Waals surface area contributed by atoms with Gasteiger partial charge < -0.3 is 10.6 Å². The van der Waals surface area contributed by atoms with E-state index in [-0.39, 0.29) is 16.4 Å². The van der Waals surface area contributed by atoms with Crippen molar-refractivity contribution in [2.45, 2.75) is 6.92 Å².